The lowest BCUT2D eigenvalue weighted by Gasteiger charge is -2.12. The average molecular weight is 141 g/mol. The zero-order valence-corrected chi connectivity index (χ0v) is 6.53. The fraction of sp³-hybridized carbons (Fsp3) is 0.429. The standard InChI is InChI=1S/C7H11NS/c1-6(2)7-5-9-4-3-8-7/h3-6,8H,1-2H3. The van der Waals surface area contributed by atoms with Crippen molar-refractivity contribution in [3.8, 4) is 0 Å². The molecule has 0 aliphatic carbocycles. The average Bonchev–Trinajstić information content (AvgIpc) is 1.90. The lowest BCUT2D eigenvalue weighted by atomic mass is 10.2. The van der Waals surface area contributed by atoms with Crippen LogP contribution < -0.4 is 5.32 Å². The number of thioether (sulfide) groups is 1. The molecule has 0 aromatic rings. The molecule has 0 radical (unpaired) electrons. The van der Waals surface area contributed by atoms with E-state index in [0.717, 1.165) is 0 Å². The molecule has 0 spiro atoms. The van der Waals surface area contributed by atoms with Gasteiger partial charge in [-0.25, -0.2) is 0 Å². The fourth-order valence-electron chi connectivity index (χ4n) is 0.619. The van der Waals surface area contributed by atoms with Gasteiger partial charge >= 0.3 is 0 Å². The summed E-state index contributed by atoms with van der Waals surface area (Å²) in [5, 5.41) is 7.36. The van der Waals surface area contributed by atoms with Crippen molar-refractivity contribution in [3.63, 3.8) is 0 Å². The number of hydrogen-bond donors (Lipinski definition) is 1. The van der Waals surface area contributed by atoms with Gasteiger partial charge in [0.05, 0.1) is 0 Å². The first-order valence-corrected chi connectivity index (χ1v) is 4.02. The number of nitrogens with one attached hydrogen (secondary N) is 1. The second-order valence-corrected chi connectivity index (χ2v) is 3.09. The molecule has 0 unspecified atom stereocenters. The van der Waals surface area contributed by atoms with Crippen LogP contribution in [0.25, 0.3) is 0 Å². The Hall–Kier alpha value is -0.370. The summed E-state index contributed by atoms with van der Waals surface area (Å²) in [4.78, 5) is 0. The van der Waals surface area contributed by atoms with E-state index in [1.807, 2.05) is 11.6 Å². The van der Waals surface area contributed by atoms with E-state index in [-0.39, 0.29) is 0 Å². The molecule has 1 N–H and O–H groups in total. The van der Waals surface area contributed by atoms with E-state index in [9.17, 15) is 0 Å². The number of rotatable bonds is 1. The summed E-state index contributed by atoms with van der Waals surface area (Å²) in [7, 11) is 0. The number of allylic oxidation sites excluding steroid dienone is 1. The molecule has 1 aliphatic rings. The van der Waals surface area contributed by atoms with Crippen LogP contribution >= 0.6 is 11.8 Å². The van der Waals surface area contributed by atoms with Gasteiger partial charge in [0.2, 0.25) is 0 Å². The summed E-state index contributed by atoms with van der Waals surface area (Å²) >= 11 is 1.73. The molecule has 9 heavy (non-hydrogen) atoms. The second kappa shape index (κ2) is 2.97. The Kier molecular flexibility index (Phi) is 2.22. The van der Waals surface area contributed by atoms with Crippen molar-refractivity contribution in [1.82, 2.24) is 5.32 Å². The van der Waals surface area contributed by atoms with E-state index < -0.39 is 0 Å². The third kappa shape index (κ3) is 1.79. The van der Waals surface area contributed by atoms with Crippen LogP contribution in [-0.4, -0.2) is 0 Å². The second-order valence-electron chi connectivity index (χ2n) is 2.31. The molecule has 50 valence electrons. The topological polar surface area (TPSA) is 12.0 Å². The number of hydrogen-bond acceptors (Lipinski definition) is 2. The van der Waals surface area contributed by atoms with Gasteiger partial charge in [-0.1, -0.05) is 13.8 Å². The van der Waals surface area contributed by atoms with Gasteiger partial charge < -0.3 is 5.32 Å². The minimum Gasteiger partial charge on any atom is -0.364 e. The predicted molar refractivity (Wildman–Crippen MR) is 42.8 cm³/mol. The molecule has 2 heteroatoms. The van der Waals surface area contributed by atoms with Crippen molar-refractivity contribution in [2.45, 2.75) is 13.8 Å². The van der Waals surface area contributed by atoms with Gasteiger partial charge in [-0.15, -0.1) is 11.8 Å². The molecular weight excluding hydrogens is 130 g/mol. The fourth-order valence-corrected chi connectivity index (χ4v) is 1.33. The predicted octanol–water partition coefficient (Wildman–Crippen LogP) is 2.29. The molecule has 0 saturated heterocycles. The Morgan fingerprint density at radius 2 is 2.33 bits per heavy atom. The molecule has 1 nitrogen and oxygen atoms in total. The minimum absolute atomic E-state index is 0.613. The lowest BCUT2D eigenvalue weighted by Crippen LogP contribution is -2.11. The van der Waals surface area contributed by atoms with Gasteiger partial charge in [0.1, 0.15) is 0 Å². The van der Waals surface area contributed by atoms with Crippen LogP contribution in [0.4, 0.5) is 0 Å². The van der Waals surface area contributed by atoms with Gasteiger partial charge in [0, 0.05) is 11.9 Å². The van der Waals surface area contributed by atoms with E-state index in [2.05, 4.69) is 24.6 Å². The molecule has 1 rings (SSSR count). The first-order valence-electron chi connectivity index (χ1n) is 3.08. The van der Waals surface area contributed by atoms with E-state index >= 15 is 0 Å². The highest BCUT2D eigenvalue weighted by atomic mass is 32.2. The van der Waals surface area contributed by atoms with Gasteiger partial charge in [0.25, 0.3) is 0 Å². The maximum absolute atomic E-state index is 3.18. The molecule has 0 bridgehead atoms. The van der Waals surface area contributed by atoms with E-state index in [4.69, 9.17) is 0 Å². The summed E-state index contributed by atoms with van der Waals surface area (Å²) in [6, 6.07) is 0. The van der Waals surface area contributed by atoms with Gasteiger partial charge in [-0.2, -0.15) is 0 Å². The summed E-state index contributed by atoms with van der Waals surface area (Å²) in [6.45, 7) is 4.36. The van der Waals surface area contributed by atoms with Crippen LogP contribution in [0.3, 0.4) is 0 Å². The monoisotopic (exact) mass is 141 g/mol. The molecule has 0 saturated carbocycles. The molecule has 1 heterocycles. The maximum Gasteiger partial charge on any atom is 0.0240 e. The minimum atomic E-state index is 0.613. The van der Waals surface area contributed by atoms with Crippen molar-refractivity contribution in [1.29, 1.82) is 0 Å². The Morgan fingerprint density at radius 3 is 2.67 bits per heavy atom. The zero-order valence-electron chi connectivity index (χ0n) is 5.72. The van der Waals surface area contributed by atoms with Crippen LogP contribution in [0.15, 0.2) is 22.7 Å². The van der Waals surface area contributed by atoms with Crippen molar-refractivity contribution >= 4 is 11.8 Å². The van der Waals surface area contributed by atoms with E-state index in [1.165, 1.54) is 5.70 Å². The summed E-state index contributed by atoms with van der Waals surface area (Å²) < 4.78 is 0. The van der Waals surface area contributed by atoms with E-state index in [1.54, 1.807) is 11.8 Å². The normalized spacial score (nSPS) is 17.4. The van der Waals surface area contributed by atoms with Crippen molar-refractivity contribution in [2.24, 2.45) is 5.92 Å². The summed E-state index contributed by atoms with van der Waals surface area (Å²) in [5.74, 6) is 0.613. The Bertz CT molecular complexity index is 147. The molecule has 0 aromatic heterocycles. The van der Waals surface area contributed by atoms with Gasteiger partial charge in [-0.3, -0.25) is 0 Å². The van der Waals surface area contributed by atoms with Crippen LogP contribution in [0, 0.1) is 5.92 Å². The highest BCUT2D eigenvalue weighted by Crippen LogP contribution is 2.16. The van der Waals surface area contributed by atoms with Crippen molar-refractivity contribution < 1.29 is 0 Å². The lowest BCUT2D eigenvalue weighted by molar-refractivity contribution is 0.716. The van der Waals surface area contributed by atoms with Crippen LogP contribution in [0.2, 0.25) is 0 Å². The SMILES string of the molecule is CC(C)C1=CSC=CN1. The molecule has 1 aliphatic heterocycles. The Balaban J connectivity index is 2.50. The Morgan fingerprint density at radius 1 is 1.56 bits per heavy atom. The molecule has 0 amide bonds. The van der Waals surface area contributed by atoms with Crippen LogP contribution in [-0.2, 0) is 0 Å². The first kappa shape index (κ1) is 6.75. The first-order chi connectivity index (χ1) is 4.30. The highest BCUT2D eigenvalue weighted by Gasteiger charge is 2.01. The highest BCUT2D eigenvalue weighted by molar-refractivity contribution is 8.04. The third-order valence-corrected chi connectivity index (χ3v) is 1.90. The van der Waals surface area contributed by atoms with Crippen molar-refractivity contribution in [2.75, 3.05) is 0 Å². The maximum atomic E-state index is 3.18. The molecule has 0 aromatic carbocycles. The molecular formula is C7H11NS. The summed E-state index contributed by atoms with van der Waals surface area (Å²) in [6.07, 6.45) is 1.97. The van der Waals surface area contributed by atoms with Crippen LogP contribution in [0.5, 0.6) is 0 Å². The quantitative estimate of drug-likeness (QED) is 0.601. The third-order valence-electron chi connectivity index (χ3n) is 1.21. The smallest absolute Gasteiger partial charge is 0.0240 e. The summed E-state index contributed by atoms with van der Waals surface area (Å²) in [5.41, 5.74) is 1.31. The van der Waals surface area contributed by atoms with E-state index in [0.29, 0.717) is 5.92 Å². The van der Waals surface area contributed by atoms with Crippen LogP contribution in [0.1, 0.15) is 13.8 Å². The molecule has 0 fully saturated rings. The molecule has 0 atom stereocenters. The van der Waals surface area contributed by atoms with Crippen molar-refractivity contribution in [3.05, 3.63) is 22.7 Å². The Labute approximate surface area is 60.2 Å². The van der Waals surface area contributed by atoms with Gasteiger partial charge in [0.15, 0.2) is 0 Å². The van der Waals surface area contributed by atoms with Gasteiger partial charge in [-0.05, 0) is 16.7 Å². The largest absolute Gasteiger partial charge is 0.364 e. The zero-order chi connectivity index (χ0) is 6.69.